The average Bonchev–Trinajstić information content (AvgIpc) is 3.98. The Kier molecular flexibility index (Phi) is 14.0. The summed E-state index contributed by atoms with van der Waals surface area (Å²) in [5.74, 6) is -2.07. The maximum Gasteiger partial charge on any atom is 0.420 e. The zero-order valence-corrected chi connectivity index (χ0v) is 43.1. The first kappa shape index (κ1) is 50.8. The van der Waals surface area contributed by atoms with Crippen LogP contribution in [-0.4, -0.2) is 98.8 Å². The van der Waals surface area contributed by atoms with Crippen LogP contribution in [-0.2, 0) is 35.8 Å². The van der Waals surface area contributed by atoms with E-state index < -0.39 is 35.4 Å². The van der Waals surface area contributed by atoms with Crippen LogP contribution in [0.25, 0.3) is 32.2 Å². The van der Waals surface area contributed by atoms with Gasteiger partial charge in [-0.2, -0.15) is 18.3 Å². The third-order valence-corrected chi connectivity index (χ3v) is 16.5. The number of ether oxygens (including phenoxy) is 1. The minimum atomic E-state index is -4.87. The smallest absolute Gasteiger partial charge is 0.420 e. The van der Waals surface area contributed by atoms with Crippen molar-refractivity contribution < 1.29 is 42.2 Å². The van der Waals surface area contributed by atoms with Crippen LogP contribution in [0.3, 0.4) is 0 Å². The number of hydrogen-bond acceptors (Lipinski definition) is 12. The van der Waals surface area contributed by atoms with E-state index in [1.165, 1.54) is 35.6 Å². The molecule has 2 atom stereocenters. The highest BCUT2D eigenvalue weighted by atomic mass is 32.1. The summed E-state index contributed by atoms with van der Waals surface area (Å²) in [6.45, 7) is 7.32. The molecule has 11 rings (SSSR count). The van der Waals surface area contributed by atoms with E-state index in [2.05, 4.69) is 43.4 Å². The summed E-state index contributed by atoms with van der Waals surface area (Å²) in [5.41, 5.74) is 3.62. The molecule has 3 N–H and O–H groups in total. The van der Waals surface area contributed by atoms with Gasteiger partial charge in [0.05, 0.1) is 39.1 Å². The summed E-state index contributed by atoms with van der Waals surface area (Å²) < 4.78 is 54.7. The molecule has 6 heterocycles. The fourth-order valence-corrected chi connectivity index (χ4v) is 12.8. The molecule has 7 aromatic rings. The molecule has 4 aliphatic rings. The Bertz CT molecular complexity index is 3350. The first-order valence-corrected chi connectivity index (χ1v) is 26.9. The van der Waals surface area contributed by atoms with Crippen LogP contribution >= 0.6 is 11.3 Å². The molecule has 2 saturated heterocycles. The predicted molar refractivity (Wildman–Crippen MR) is 285 cm³/mol. The minimum absolute atomic E-state index is 0.173. The van der Waals surface area contributed by atoms with Crippen molar-refractivity contribution in [2.45, 2.75) is 83.0 Å². The molecule has 19 heteroatoms. The number of halogens is 3. The molecule has 3 fully saturated rings. The molecule has 3 amide bonds. The molecular weight excluding hydrogens is 996 g/mol. The van der Waals surface area contributed by atoms with Crippen LogP contribution in [0.4, 0.5) is 29.8 Å². The van der Waals surface area contributed by atoms with E-state index in [4.69, 9.17) is 9.84 Å². The molecule has 0 spiro atoms. The summed E-state index contributed by atoms with van der Waals surface area (Å²) in [6, 6.07) is 26.2. The minimum Gasteiger partial charge on any atom is -0.490 e. The van der Waals surface area contributed by atoms with Crippen LogP contribution in [0, 0.1) is 11.8 Å². The van der Waals surface area contributed by atoms with Crippen molar-refractivity contribution in [2.24, 2.45) is 18.9 Å². The Morgan fingerprint density at radius 3 is 2.39 bits per heavy atom. The van der Waals surface area contributed by atoms with Crippen molar-refractivity contribution >= 4 is 72.8 Å². The van der Waals surface area contributed by atoms with Crippen LogP contribution < -0.4 is 25.2 Å². The number of rotatable bonds is 13. The number of aryl methyl sites for hydroxylation is 1. The van der Waals surface area contributed by atoms with Gasteiger partial charge >= 0.3 is 12.1 Å². The van der Waals surface area contributed by atoms with Crippen LogP contribution in [0.5, 0.6) is 5.75 Å². The number of para-hydroxylation sites is 2. The lowest BCUT2D eigenvalue weighted by molar-refractivity contribution is -0.139. The second-order valence-corrected chi connectivity index (χ2v) is 21.7. The second kappa shape index (κ2) is 21.0. The maximum atomic E-state index is 15.2. The molecule has 3 aliphatic heterocycles. The van der Waals surface area contributed by atoms with Gasteiger partial charge in [0.25, 0.3) is 5.91 Å². The molecule has 0 bridgehead atoms. The second-order valence-electron chi connectivity index (χ2n) is 20.7. The summed E-state index contributed by atoms with van der Waals surface area (Å²) in [6.07, 6.45) is -0.190. The first-order valence-electron chi connectivity index (χ1n) is 26.1. The number of hydrogen-bond donors (Lipinski definition) is 3. The molecule has 15 nitrogen and oxygen atoms in total. The first-order chi connectivity index (χ1) is 36.6. The number of pyridine rings is 1. The molecular formula is C57H58F3N9O6S. The highest BCUT2D eigenvalue weighted by molar-refractivity contribution is 7.22. The molecule has 3 aromatic heterocycles. The quantitative estimate of drug-likeness (QED) is 0.0934. The normalized spacial score (nSPS) is 19.9. The van der Waals surface area contributed by atoms with Crippen molar-refractivity contribution in [1.29, 1.82) is 0 Å². The number of carbonyl (C=O) groups excluding carboxylic acids is 3. The van der Waals surface area contributed by atoms with Crippen molar-refractivity contribution in [1.82, 2.24) is 30.0 Å². The number of carboxylic acids is 1. The molecule has 1 aliphatic carbocycles. The highest BCUT2D eigenvalue weighted by Gasteiger charge is 2.40. The van der Waals surface area contributed by atoms with E-state index in [0.717, 1.165) is 89.9 Å². The number of amides is 3. The van der Waals surface area contributed by atoms with Crippen molar-refractivity contribution in [3.8, 4) is 16.9 Å². The van der Waals surface area contributed by atoms with Gasteiger partial charge in [-0.3, -0.25) is 34.6 Å². The van der Waals surface area contributed by atoms with Gasteiger partial charge in [0.15, 0.2) is 10.8 Å². The Morgan fingerprint density at radius 2 is 1.63 bits per heavy atom. The third kappa shape index (κ3) is 10.3. The summed E-state index contributed by atoms with van der Waals surface area (Å²) >= 11 is 1.37. The summed E-state index contributed by atoms with van der Waals surface area (Å²) in [5, 5.41) is 22.0. The number of fused-ring (bicyclic) bond motifs is 3. The van der Waals surface area contributed by atoms with E-state index in [1.807, 2.05) is 65.2 Å². The lowest BCUT2D eigenvalue weighted by Crippen LogP contribution is -2.47. The Labute approximate surface area is 441 Å². The van der Waals surface area contributed by atoms with Crippen LogP contribution in [0.2, 0.25) is 0 Å². The fraction of sp³-hybridized carbons (Fsp3) is 0.386. The molecule has 394 valence electrons. The van der Waals surface area contributed by atoms with Gasteiger partial charge in [-0.25, -0.2) is 14.8 Å². The number of aromatic carboxylic acids is 1. The molecule has 1 saturated carbocycles. The molecule has 76 heavy (non-hydrogen) atoms. The Hall–Kier alpha value is -7.38. The lowest BCUT2D eigenvalue weighted by Gasteiger charge is -2.38. The average molecular weight is 1050 g/mol. The topological polar surface area (TPSA) is 175 Å². The number of aromatic nitrogens is 4. The number of carbonyl (C=O) groups is 4. The van der Waals surface area contributed by atoms with Gasteiger partial charge < -0.3 is 19.6 Å². The highest BCUT2D eigenvalue weighted by Crippen LogP contribution is 2.46. The van der Waals surface area contributed by atoms with Gasteiger partial charge in [-0.15, -0.1) is 0 Å². The lowest BCUT2D eigenvalue weighted by atomic mass is 9.82. The number of piperazine rings is 1. The third-order valence-electron chi connectivity index (χ3n) is 15.6. The number of thiazole rings is 1. The van der Waals surface area contributed by atoms with E-state index in [1.54, 1.807) is 12.1 Å². The standard InChI is InChI=1S/C57H58F3N9O6S/c1-33(31-67-26-28-68(29-27-67)44-13-6-11-40-50(65-66(2)52(40)44)41-21-23-48(70)63-54(41)72)30-34-16-18-36(19-17-34)75-45-14-7-9-37(49(45)57(58,59)60)38-20-22-47(62-51(38)55(73)74)69-25-24-35-8-5-10-39(42(35)32-69)53(71)64-56-61-43-12-3-4-15-46(43)76-56/h3-15,20,22,33-34,36,41H,16-19,21,23-32H2,1-2H3,(H,73,74)(H,61,64,71)(H,63,70,72)/t33-,34?,36?,41-/m1/s1. The number of anilines is 3. The number of alkyl halides is 3. The van der Waals surface area contributed by atoms with Crippen molar-refractivity contribution in [2.75, 3.05) is 54.4 Å². The SMILES string of the molecule is C[C@H](CC1CCC(Oc2cccc(-c3ccc(N4CCc5cccc(C(=O)Nc6nc7ccccc7s6)c5C4)nc3C(=O)O)c2C(F)(F)F)CC1)CN1CCN(c2cccc3c([C@H]4CCC(=O)NC4=O)nn(C)c23)CC1. The number of benzene rings is 4. The number of imide groups is 1. The molecule has 0 unspecified atom stereocenters. The monoisotopic (exact) mass is 1050 g/mol. The summed E-state index contributed by atoms with van der Waals surface area (Å²) in [4.78, 5) is 66.9. The van der Waals surface area contributed by atoms with E-state index in [9.17, 15) is 24.3 Å². The van der Waals surface area contributed by atoms with Gasteiger partial charge in [-0.1, -0.05) is 66.8 Å². The largest absolute Gasteiger partial charge is 0.490 e. The zero-order valence-electron chi connectivity index (χ0n) is 42.2. The maximum absolute atomic E-state index is 15.2. The van der Waals surface area contributed by atoms with Gasteiger partial charge in [0, 0.05) is 81.4 Å². The Morgan fingerprint density at radius 1 is 0.855 bits per heavy atom. The van der Waals surface area contributed by atoms with E-state index >= 15 is 13.2 Å². The number of nitrogens with zero attached hydrogens (tertiary/aromatic N) is 7. The van der Waals surface area contributed by atoms with Crippen molar-refractivity contribution in [3.05, 3.63) is 125 Å². The van der Waals surface area contributed by atoms with Crippen LogP contribution in [0.1, 0.15) is 101 Å². The van der Waals surface area contributed by atoms with E-state index in [0.29, 0.717) is 66.9 Å². The van der Waals surface area contributed by atoms with Gasteiger partial charge in [0.2, 0.25) is 11.8 Å². The van der Waals surface area contributed by atoms with Gasteiger partial charge in [0.1, 0.15) is 17.1 Å². The van der Waals surface area contributed by atoms with E-state index in [-0.39, 0.29) is 47.0 Å². The fourth-order valence-electron chi connectivity index (χ4n) is 12.0. The van der Waals surface area contributed by atoms with Crippen molar-refractivity contribution in [3.63, 3.8) is 0 Å². The van der Waals surface area contributed by atoms with Crippen LogP contribution in [0.15, 0.2) is 91.0 Å². The molecule has 4 aromatic carbocycles. The number of piperidine rings is 1. The van der Waals surface area contributed by atoms with Gasteiger partial charge in [-0.05, 0) is 110 Å². The number of nitrogens with one attached hydrogen (secondary N) is 2. The summed E-state index contributed by atoms with van der Waals surface area (Å²) in [7, 11) is 1.90. The number of carboxylic acid groups (broad SMARTS) is 1. The zero-order chi connectivity index (χ0) is 52.8. The molecule has 0 radical (unpaired) electrons. The predicted octanol–water partition coefficient (Wildman–Crippen LogP) is 10.1. The Balaban J connectivity index is 0.711.